The van der Waals surface area contributed by atoms with E-state index in [9.17, 15) is 9.59 Å². The fraction of sp³-hybridized carbons (Fsp3) is 0.533. The Bertz CT molecular complexity index is 544. The van der Waals surface area contributed by atoms with E-state index < -0.39 is 12.3 Å². The van der Waals surface area contributed by atoms with E-state index in [1.54, 1.807) is 0 Å². The van der Waals surface area contributed by atoms with Gasteiger partial charge in [0.15, 0.2) is 0 Å². The van der Waals surface area contributed by atoms with Gasteiger partial charge in [0.2, 0.25) is 6.29 Å². The Hall–Kier alpha value is -1.40. The van der Waals surface area contributed by atoms with E-state index in [1.165, 1.54) is 11.0 Å². The molecule has 0 aromatic rings. The quantitative estimate of drug-likeness (QED) is 0.308. The van der Waals surface area contributed by atoms with Gasteiger partial charge in [-0.2, -0.15) is 0 Å². The van der Waals surface area contributed by atoms with Gasteiger partial charge in [-0.3, -0.25) is 14.5 Å². The minimum atomic E-state index is -0.894. The van der Waals surface area contributed by atoms with E-state index in [-0.39, 0.29) is 12.3 Å². The van der Waals surface area contributed by atoms with Crippen LogP contribution < -0.4 is 0 Å². The van der Waals surface area contributed by atoms with Crippen LogP contribution in [-0.4, -0.2) is 52.3 Å². The van der Waals surface area contributed by atoms with Crippen molar-refractivity contribution < 1.29 is 24.2 Å². The van der Waals surface area contributed by atoms with Gasteiger partial charge in [0.25, 0.3) is 5.91 Å². The number of nitrogens with zero attached hydrogens (tertiary/aromatic N) is 1. The zero-order valence-corrected chi connectivity index (χ0v) is 14.7. The number of carboxylic acids is 1. The Balaban J connectivity index is 2.66. The molecule has 1 aliphatic heterocycles. The molecule has 1 saturated heterocycles. The summed E-state index contributed by atoms with van der Waals surface area (Å²) in [5.74, 6) is 4.40. The summed E-state index contributed by atoms with van der Waals surface area (Å²) in [7, 11) is 0. The Labute approximate surface area is 145 Å². The molecular weight excluding hydrogens is 338 g/mol. The van der Waals surface area contributed by atoms with Crippen molar-refractivity contribution >= 4 is 40.2 Å². The van der Waals surface area contributed by atoms with Crippen LogP contribution in [0.1, 0.15) is 26.7 Å². The molecular formula is C15H19NO5S2. The van der Waals surface area contributed by atoms with Crippen molar-refractivity contribution in [2.24, 2.45) is 0 Å². The molecule has 0 atom stereocenters. The topological polar surface area (TPSA) is 76.1 Å². The molecule has 1 heterocycles. The molecule has 0 spiro atoms. The maximum Gasteiger partial charge on any atom is 0.303 e. The molecule has 8 heteroatoms. The molecule has 23 heavy (non-hydrogen) atoms. The second-order valence-corrected chi connectivity index (χ2v) is 6.04. The summed E-state index contributed by atoms with van der Waals surface area (Å²) in [4.78, 5) is 24.5. The number of aliphatic carboxylic acids is 1. The van der Waals surface area contributed by atoms with Crippen LogP contribution in [0.2, 0.25) is 0 Å². The lowest BCUT2D eigenvalue weighted by atomic mass is 10.3. The third kappa shape index (κ3) is 6.71. The van der Waals surface area contributed by atoms with Gasteiger partial charge in [-0.25, -0.2) is 0 Å². The minimum Gasteiger partial charge on any atom is -0.481 e. The lowest BCUT2D eigenvalue weighted by molar-refractivity contribution is -0.137. The van der Waals surface area contributed by atoms with E-state index in [2.05, 4.69) is 11.8 Å². The number of thiocarbonyl (C=S) groups is 1. The number of thioether (sulfide) groups is 1. The largest absolute Gasteiger partial charge is 0.481 e. The predicted octanol–water partition coefficient (Wildman–Crippen LogP) is 2.00. The average Bonchev–Trinajstić information content (AvgIpc) is 2.75. The van der Waals surface area contributed by atoms with E-state index >= 15 is 0 Å². The number of rotatable bonds is 8. The summed E-state index contributed by atoms with van der Waals surface area (Å²) in [5, 5.41) is 8.63. The zero-order valence-electron chi connectivity index (χ0n) is 13.0. The minimum absolute atomic E-state index is 0.000304. The fourth-order valence-corrected chi connectivity index (χ4v) is 2.92. The molecule has 0 aliphatic carbocycles. The first-order valence-corrected chi connectivity index (χ1v) is 8.41. The standard InChI is InChI=1S/C15H19NO5S2/c1-3-20-13(21-4-2)9-5-7-11-14(19)16(15(22)23-11)10-6-8-12(17)18/h7,13H,3-4,6,8,10H2,1-2H3,(H,17,18)/b11-7-. The molecule has 6 nitrogen and oxygen atoms in total. The van der Waals surface area contributed by atoms with E-state index in [0.717, 1.165) is 11.8 Å². The Morgan fingerprint density at radius 1 is 1.43 bits per heavy atom. The first-order chi connectivity index (χ1) is 11.0. The Morgan fingerprint density at radius 2 is 2.09 bits per heavy atom. The molecule has 1 amide bonds. The zero-order chi connectivity index (χ0) is 17.2. The summed E-state index contributed by atoms with van der Waals surface area (Å²) in [5.41, 5.74) is 0. The summed E-state index contributed by atoms with van der Waals surface area (Å²) >= 11 is 6.30. The summed E-state index contributed by atoms with van der Waals surface area (Å²) in [6, 6.07) is 0. The fourth-order valence-electron chi connectivity index (χ4n) is 1.69. The second-order valence-electron chi connectivity index (χ2n) is 4.36. The van der Waals surface area contributed by atoms with Gasteiger partial charge >= 0.3 is 5.97 Å². The van der Waals surface area contributed by atoms with Crippen LogP contribution in [0.3, 0.4) is 0 Å². The average molecular weight is 357 g/mol. The summed E-state index contributed by atoms with van der Waals surface area (Å²) in [6.07, 6.45) is 1.22. The number of carbonyl (C=O) groups excluding carboxylic acids is 1. The lowest BCUT2D eigenvalue weighted by Crippen LogP contribution is -2.29. The molecule has 0 aromatic carbocycles. The highest BCUT2D eigenvalue weighted by molar-refractivity contribution is 8.26. The maximum atomic E-state index is 12.2. The summed E-state index contributed by atoms with van der Waals surface area (Å²) in [6.45, 7) is 4.93. The maximum absolute atomic E-state index is 12.2. The molecule has 1 rings (SSSR count). The van der Waals surface area contributed by atoms with Gasteiger partial charge in [0.05, 0.1) is 4.91 Å². The van der Waals surface area contributed by atoms with Gasteiger partial charge in [0, 0.05) is 32.3 Å². The van der Waals surface area contributed by atoms with Crippen LogP contribution in [0.5, 0.6) is 0 Å². The number of allylic oxidation sites excluding steroid dienone is 1. The number of hydrogen-bond acceptors (Lipinski definition) is 6. The van der Waals surface area contributed by atoms with Crippen molar-refractivity contribution in [2.75, 3.05) is 19.8 Å². The van der Waals surface area contributed by atoms with E-state index in [1.807, 2.05) is 13.8 Å². The number of hydrogen-bond donors (Lipinski definition) is 1. The highest BCUT2D eigenvalue weighted by Crippen LogP contribution is 2.30. The molecule has 0 bridgehead atoms. The van der Waals surface area contributed by atoms with Crippen LogP contribution in [0.15, 0.2) is 11.0 Å². The number of ether oxygens (including phenoxy) is 2. The first kappa shape index (κ1) is 19.6. The molecule has 1 fully saturated rings. The molecule has 1 N–H and O–H groups in total. The predicted molar refractivity (Wildman–Crippen MR) is 91.7 cm³/mol. The first-order valence-electron chi connectivity index (χ1n) is 7.19. The van der Waals surface area contributed by atoms with Gasteiger partial charge in [-0.15, -0.1) is 0 Å². The smallest absolute Gasteiger partial charge is 0.303 e. The third-order valence-corrected chi connectivity index (χ3v) is 4.06. The van der Waals surface area contributed by atoms with Crippen molar-refractivity contribution in [1.29, 1.82) is 0 Å². The SMILES string of the molecule is CCOC(C#C/C=C1\SC(=S)N(CCCC(=O)O)C1=O)OCC. The number of carboxylic acid groups (broad SMARTS) is 1. The number of amides is 1. The van der Waals surface area contributed by atoms with Crippen LogP contribution in [0, 0.1) is 11.8 Å². The second kappa shape index (κ2) is 10.4. The van der Waals surface area contributed by atoms with Gasteiger partial charge in [0.1, 0.15) is 4.32 Å². The normalized spacial score (nSPS) is 16.1. The van der Waals surface area contributed by atoms with Gasteiger partial charge < -0.3 is 14.6 Å². The van der Waals surface area contributed by atoms with Gasteiger partial charge in [-0.05, 0) is 26.2 Å². The highest BCUT2D eigenvalue weighted by atomic mass is 32.2. The summed E-state index contributed by atoms with van der Waals surface area (Å²) < 4.78 is 11.0. The Kier molecular flexibility index (Phi) is 8.87. The van der Waals surface area contributed by atoms with Crippen molar-refractivity contribution in [1.82, 2.24) is 4.90 Å². The molecule has 0 saturated carbocycles. The lowest BCUT2D eigenvalue weighted by Gasteiger charge is -2.12. The third-order valence-electron chi connectivity index (χ3n) is 2.69. The molecule has 0 radical (unpaired) electrons. The highest BCUT2D eigenvalue weighted by Gasteiger charge is 2.31. The Morgan fingerprint density at radius 3 is 2.65 bits per heavy atom. The monoisotopic (exact) mass is 357 g/mol. The van der Waals surface area contributed by atoms with Crippen molar-refractivity contribution in [2.45, 2.75) is 33.0 Å². The van der Waals surface area contributed by atoms with Gasteiger partial charge in [-0.1, -0.05) is 29.9 Å². The van der Waals surface area contributed by atoms with E-state index in [4.69, 9.17) is 26.8 Å². The number of carbonyl (C=O) groups is 2. The van der Waals surface area contributed by atoms with Crippen molar-refractivity contribution in [3.05, 3.63) is 11.0 Å². The van der Waals surface area contributed by atoms with Crippen LogP contribution in [-0.2, 0) is 19.1 Å². The van der Waals surface area contributed by atoms with E-state index in [0.29, 0.717) is 35.4 Å². The van der Waals surface area contributed by atoms with Crippen LogP contribution in [0.25, 0.3) is 0 Å². The molecule has 0 unspecified atom stereocenters. The van der Waals surface area contributed by atoms with Crippen LogP contribution in [0.4, 0.5) is 0 Å². The molecule has 126 valence electrons. The van der Waals surface area contributed by atoms with Crippen LogP contribution >= 0.6 is 24.0 Å². The van der Waals surface area contributed by atoms with Crippen molar-refractivity contribution in [3.63, 3.8) is 0 Å². The molecule has 0 aromatic heterocycles. The van der Waals surface area contributed by atoms with Crippen molar-refractivity contribution in [3.8, 4) is 11.8 Å². The molecule has 1 aliphatic rings.